The smallest absolute Gasteiger partial charge is 0.262 e. The van der Waals surface area contributed by atoms with Gasteiger partial charge in [-0.05, 0) is 49.2 Å². The zero-order chi connectivity index (χ0) is 18.2. The van der Waals surface area contributed by atoms with Gasteiger partial charge in [0.1, 0.15) is 0 Å². The highest BCUT2D eigenvalue weighted by molar-refractivity contribution is 7.93. The maximum atomic E-state index is 12.6. The first-order valence-corrected chi connectivity index (χ1v) is 11.1. The molecule has 9 heteroatoms. The Morgan fingerprint density at radius 1 is 1.16 bits per heavy atom. The molecule has 0 amide bonds. The number of halogens is 1. The Balaban J connectivity index is 1.93. The normalized spacial score (nSPS) is 16.8. The Morgan fingerprint density at radius 3 is 2.56 bits per heavy atom. The fourth-order valence-electron chi connectivity index (χ4n) is 2.74. The van der Waals surface area contributed by atoms with Crippen molar-refractivity contribution >= 4 is 43.0 Å². The molecule has 0 aliphatic carbocycles. The summed E-state index contributed by atoms with van der Waals surface area (Å²) in [4.78, 5) is 0.0826. The van der Waals surface area contributed by atoms with E-state index in [1.165, 1.54) is 16.4 Å². The number of nitrogens with one attached hydrogen (secondary N) is 1. The van der Waals surface area contributed by atoms with Crippen LogP contribution in [0.25, 0.3) is 0 Å². The number of hydrogen-bond donors (Lipinski definition) is 1. The lowest BCUT2D eigenvalue weighted by atomic mass is 10.2. The van der Waals surface area contributed by atoms with Crippen LogP contribution < -0.4 is 9.03 Å². The van der Waals surface area contributed by atoms with E-state index in [4.69, 9.17) is 11.6 Å². The molecule has 2 aromatic carbocycles. The van der Waals surface area contributed by atoms with Gasteiger partial charge in [-0.15, -0.1) is 0 Å². The summed E-state index contributed by atoms with van der Waals surface area (Å²) in [6.45, 7) is 2.02. The molecule has 1 heterocycles. The van der Waals surface area contributed by atoms with Crippen molar-refractivity contribution < 1.29 is 16.8 Å². The van der Waals surface area contributed by atoms with E-state index in [9.17, 15) is 16.8 Å². The van der Waals surface area contributed by atoms with Gasteiger partial charge < -0.3 is 0 Å². The van der Waals surface area contributed by atoms with Crippen LogP contribution in [0.3, 0.4) is 0 Å². The molecule has 0 spiro atoms. The van der Waals surface area contributed by atoms with E-state index >= 15 is 0 Å². The third-order valence-corrected chi connectivity index (χ3v) is 7.80. The molecule has 0 bridgehead atoms. The SMILES string of the molecule is Cc1c(Cl)cccc1S(=O)(=O)Nc1cccc(N2CCCS2(=O)=O)c1. The Kier molecular flexibility index (Phi) is 4.70. The quantitative estimate of drug-likeness (QED) is 0.855. The predicted molar refractivity (Wildman–Crippen MR) is 99.2 cm³/mol. The first kappa shape index (κ1) is 18.0. The van der Waals surface area contributed by atoms with Crippen molar-refractivity contribution in [2.75, 3.05) is 21.3 Å². The molecule has 1 aliphatic rings. The monoisotopic (exact) mass is 400 g/mol. The minimum absolute atomic E-state index is 0.0826. The van der Waals surface area contributed by atoms with Gasteiger partial charge >= 0.3 is 0 Å². The van der Waals surface area contributed by atoms with Crippen molar-refractivity contribution in [3.63, 3.8) is 0 Å². The lowest BCUT2D eigenvalue weighted by Crippen LogP contribution is -2.25. The molecule has 6 nitrogen and oxygen atoms in total. The van der Waals surface area contributed by atoms with Crippen molar-refractivity contribution in [3.8, 4) is 0 Å². The van der Waals surface area contributed by atoms with Crippen LogP contribution in [0, 0.1) is 6.92 Å². The van der Waals surface area contributed by atoms with Gasteiger partial charge in [0.2, 0.25) is 10.0 Å². The fourth-order valence-corrected chi connectivity index (χ4v) is 5.85. The second kappa shape index (κ2) is 6.51. The maximum absolute atomic E-state index is 12.6. The third-order valence-electron chi connectivity index (χ3n) is 3.99. The highest BCUT2D eigenvalue weighted by Crippen LogP contribution is 2.29. The van der Waals surface area contributed by atoms with Gasteiger partial charge in [0.05, 0.1) is 22.0 Å². The van der Waals surface area contributed by atoms with Crippen molar-refractivity contribution in [1.29, 1.82) is 0 Å². The molecule has 0 atom stereocenters. The van der Waals surface area contributed by atoms with Crippen LogP contribution >= 0.6 is 11.6 Å². The second-order valence-electron chi connectivity index (χ2n) is 5.76. The summed E-state index contributed by atoms with van der Waals surface area (Å²) >= 11 is 6.00. The first-order chi connectivity index (χ1) is 11.7. The molecule has 0 radical (unpaired) electrons. The number of anilines is 2. The van der Waals surface area contributed by atoms with Gasteiger partial charge in [-0.1, -0.05) is 23.7 Å². The summed E-state index contributed by atoms with van der Waals surface area (Å²) in [5, 5.41) is 0.361. The summed E-state index contributed by atoms with van der Waals surface area (Å²) in [7, 11) is -7.16. The van der Waals surface area contributed by atoms with Crippen LogP contribution in [0.4, 0.5) is 11.4 Å². The number of nitrogens with zero attached hydrogens (tertiary/aromatic N) is 1. The highest BCUT2D eigenvalue weighted by Gasteiger charge is 2.28. The fraction of sp³-hybridized carbons (Fsp3) is 0.250. The molecule has 0 saturated carbocycles. The van der Waals surface area contributed by atoms with Crippen molar-refractivity contribution in [2.45, 2.75) is 18.2 Å². The number of benzene rings is 2. The van der Waals surface area contributed by atoms with Crippen LogP contribution in [0.15, 0.2) is 47.4 Å². The van der Waals surface area contributed by atoms with Crippen molar-refractivity contribution in [2.24, 2.45) is 0 Å². The van der Waals surface area contributed by atoms with Gasteiger partial charge in [-0.25, -0.2) is 16.8 Å². The molecule has 134 valence electrons. The van der Waals surface area contributed by atoms with Gasteiger partial charge in [-0.2, -0.15) is 0 Å². The molecule has 0 unspecified atom stereocenters. The number of rotatable bonds is 4. The summed E-state index contributed by atoms with van der Waals surface area (Å²) in [6.07, 6.45) is 0.556. The molecule has 2 aromatic rings. The van der Waals surface area contributed by atoms with Crippen molar-refractivity contribution in [1.82, 2.24) is 0 Å². The molecular formula is C16H17ClN2O4S2. The Labute approximate surface area is 152 Å². The standard InChI is InChI=1S/C16H17ClN2O4S2/c1-12-15(17)7-3-8-16(12)25(22,23)18-13-5-2-6-14(11-13)19-9-4-10-24(19,20)21/h2-3,5-8,11,18H,4,9-10H2,1H3. The Bertz CT molecular complexity index is 1020. The zero-order valence-corrected chi connectivity index (χ0v) is 15.8. The van der Waals surface area contributed by atoms with Gasteiger partial charge in [0.25, 0.3) is 10.0 Å². The lowest BCUT2D eigenvalue weighted by molar-refractivity contribution is 0.598. The zero-order valence-electron chi connectivity index (χ0n) is 13.4. The largest absolute Gasteiger partial charge is 0.280 e. The van der Waals surface area contributed by atoms with Gasteiger partial charge in [-0.3, -0.25) is 9.03 Å². The minimum Gasteiger partial charge on any atom is -0.280 e. The van der Waals surface area contributed by atoms with Gasteiger partial charge in [0.15, 0.2) is 0 Å². The summed E-state index contributed by atoms with van der Waals surface area (Å²) in [5.74, 6) is 0.102. The molecule has 25 heavy (non-hydrogen) atoms. The topological polar surface area (TPSA) is 83.6 Å². The summed E-state index contributed by atoms with van der Waals surface area (Å²) < 4.78 is 53.1. The predicted octanol–water partition coefficient (Wildman–Crippen LogP) is 2.99. The molecule has 3 rings (SSSR count). The van der Waals surface area contributed by atoms with Crippen LogP contribution in [0.1, 0.15) is 12.0 Å². The van der Waals surface area contributed by atoms with E-state index < -0.39 is 20.0 Å². The molecule has 1 fully saturated rings. The van der Waals surface area contributed by atoms with Crippen LogP contribution in [-0.2, 0) is 20.0 Å². The van der Waals surface area contributed by atoms with E-state index in [-0.39, 0.29) is 10.6 Å². The summed E-state index contributed by atoms with van der Waals surface area (Å²) in [5.41, 5.74) is 1.19. The number of sulfonamides is 2. The van der Waals surface area contributed by atoms with Crippen LogP contribution in [-0.4, -0.2) is 29.1 Å². The Morgan fingerprint density at radius 2 is 1.88 bits per heavy atom. The molecule has 1 aliphatic heterocycles. The average Bonchev–Trinajstić information content (AvgIpc) is 2.89. The summed E-state index contributed by atoms with van der Waals surface area (Å²) in [6, 6.07) is 11.0. The first-order valence-electron chi connectivity index (χ1n) is 7.59. The molecule has 0 aromatic heterocycles. The maximum Gasteiger partial charge on any atom is 0.262 e. The Hall–Kier alpha value is -1.77. The second-order valence-corrected chi connectivity index (χ2v) is 9.83. The van der Waals surface area contributed by atoms with E-state index in [0.29, 0.717) is 34.9 Å². The van der Waals surface area contributed by atoms with Crippen LogP contribution in [0.2, 0.25) is 5.02 Å². The number of hydrogen-bond acceptors (Lipinski definition) is 4. The third kappa shape index (κ3) is 3.61. The van der Waals surface area contributed by atoms with E-state index in [0.717, 1.165) is 0 Å². The van der Waals surface area contributed by atoms with Crippen LogP contribution in [0.5, 0.6) is 0 Å². The minimum atomic E-state index is -3.84. The van der Waals surface area contributed by atoms with E-state index in [1.54, 1.807) is 37.3 Å². The van der Waals surface area contributed by atoms with Crippen molar-refractivity contribution in [3.05, 3.63) is 53.1 Å². The average molecular weight is 401 g/mol. The molecule has 1 saturated heterocycles. The van der Waals surface area contributed by atoms with E-state index in [1.807, 2.05) is 0 Å². The molecule has 1 N–H and O–H groups in total. The highest BCUT2D eigenvalue weighted by atomic mass is 35.5. The van der Waals surface area contributed by atoms with Gasteiger partial charge in [0, 0.05) is 11.6 Å². The lowest BCUT2D eigenvalue weighted by Gasteiger charge is -2.18. The van der Waals surface area contributed by atoms with E-state index in [2.05, 4.69) is 4.72 Å². The molecular weight excluding hydrogens is 384 g/mol.